The van der Waals surface area contributed by atoms with E-state index in [-0.39, 0.29) is 15.7 Å². The van der Waals surface area contributed by atoms with Crippen LogP contribution in [-0.2, 0) is 7.05 Å². The van der Waals surface area contributed by atoms with Gasteiger partial charge in [0.2, 0.25) is 0 Å². The summed E-state index contributed by atoms with van der Waals surface area (Å²) in [5, 5.41) is 13.1. The molecular weight excluding hydrogens is 326 g/mol. The van der Waals surface area contributed by atoms with Gasteiger partial charge < -0.3 is 5.11 Å². The molecular formula is C11H7BrClFN2O2. The minimum atomic E-state index is -1.19. The molecule has 2 rings (SSSR count). The number of hydrogen-bond acceptors (Lipinski definition) is 2. The second-order valence-corrected chi connectivity index (χ2v) is 4.79. The number of aromatic nitrogens is 2. The molecule has 0 bridgehead atoms. The summed E-state index contributed by atoms with van der Waals surface area (Å²) in [5.74, 6) is -1.69. The Balaban J connectivity index is 2.71. The molecule has 0 atom stereocenters. The molecule has 1 aromatic carbocycles. The lowest BCUT2D eigenvalue weighted by Crippen LogP contribution is -1.99. The fourth-order valence-electron chi connectivity index (χ4n) is 1.61. The number of benzene rings is 1. The second-order valence-electron chi connectivity index (χ2n) is 3.56. The van der Waals surface area contributed by atoms with Crippen LogP contribution in [0, 0.1) is 5.82 Å². The van der Waals surface area contributed by atoms with Crippen LogP contribution in [0.2, 0.25) is 5.02 Å². The number of halogens is 3. The van der Waals surface area contributed by atoms with Crippen molar-refractivity contribution in [2.45, 2.75) is 0 Å². The minimum absolute atomic E-state index is 0.174. The number of rotatable bonds is 2. The fraction of sp³-hybridized carbons (Fsp3) is 0.0909. The molecule has 0 spiro atoms. The molecule has 0 unspecified atom stereocenters. The van der Waals surface area contributed by atoms with Gasteiger partial charge in [-0.25, -0.2) is 9.18 Å². The van der Waals surface area contributed by atoms with Crippen molar-refractivity contribution < 1.29 is 14.3 Å². The van der Waals surface area contributed by atoms with E-state index in [1.165, 1.54) is 29.9 Å². The average molecular weight is 334 g/mol. The first-order valence-electron chi connectivity index (χ1n) is 4.83. The van der Waals surface area contributed by atoms with Crippen molar-refractivity contribution in [1.82, 2.24) is 9.78 Å². The first-order chi connectivity index (χ1) is 8.41. The van der Waals surface area contributed by atoms with Crippen LogP contribution in [-0.4, -0.2) is 20.9 Å². The monoisotopic (exact) mass is 332 g/mol. The molecule has 0 saturated carbocycles. The molecule has 94 valence electrons. The number of nitrogens with zero attached hydrogens (tertiary/aromatic N) is 2. The number of aromatic carboxylic acids is 1. The van der Waals surface area contributed by atoms with Gasteiger partial charge in [0.05, 0.1) is 10.2 Å². The summed E-state index contributed by atoms with van der Waals surface area (Å²) in [4.78, 5) is 10.9. The van der Waals surface area contributed by atoms with Crippen molar-refractivity contribution in [2.24, 2.45) is 7.05 Å². The third-order valence-corrected chi connectivity index (χ3v) is 3.36. The summed E-state index contributed by atoms with van der Waals surface area (Å²) < 4.78 is 15.3. The molecule has 0 amide bonds. The predicted molar refractivity (Wildman–Crippen MR) is 68.3 cm³/mol. The Morgan fingerprint density at radius 2 is 2.22 bits per heavy atom. The quantitative estimate of drug-likeness (QED) is 0.917. The Labute approximate surface area is 115 Å². The first kappa shape index (κ1) is 13.0. The standard InChI is InChI=1S/C11H7BrClFN2O2/c1-16-10(8(12)9(15-16)11(17)18)6-4-5(13)2-3-7(6)14/h2-4H,1H3,(H,17,18). The molecule has 1 aromatic heterocycles. The summed E-state index contributed by atoms with van der Waals surface area (Å²) in [6.45, 7) is 0. The molecule has 4 nitrogen and oxygen atoms in total. The number of carbonyl (C=O) groups is 1. The Bertz CT molecular complexity index is 642. The average Bonchev–Trinajstić information content (AvgIpc) is 2.58. The molecule has 18 heavy (non-hydrogen) atoms. The van der Waals surface area contributed by atoms with Crippen molar-refractivity contribution >= 4 is 33.5 Å². The zero-order valence-electron chi connectivity index (χ0n) is 9.12. The molecule has 1 heterocycles. The lowest BCUT2D eigenvalue weighted by atomic mass is 10.1. The summed E-state index contributed by atoms with van der Waals surface area (Å²) >= 11 is 8.94. The van der Waals surface area contributed by atoms with Crippen LogP contribution in [0.4, 0.5) is 4.39 Å². The lowest BCUT2D eigenvalue weighted by molar-refractivity contribution is 0.0688. The zero-order valence-corrected chi connectivity index (χ0v) is 11.5. The van der Waals surface area contributed by atoms with Gasteiger partial charge in [0.25, 0.3) is 0 Å². The van der Waals surface area contributed by atoms with Gasteiger partial charge in [-0.2, -0.15) is 5.10 Å². The number of carboxylic acid groups (broad SMARTS) is 1. The number of aryl methyl sites for hydroxylation is 1. The predicted octanol–water partition coefficient (Wildman–Crippen LogP) is 3.34. The van der Waals surface area contributed by atoms with E-state index < -0.39 is 11.8 Å². The first-order valence-corrected chi connectivity index (χ1v) is 6.00. The highest BCUT2D eigenvalue weighted by molar-refractivity contribution is 9.10. The van der Waals surface area contributed by atoms with Crippen molar-refractivity contribution in [2.75, 3.05) is 0 Å². The maximum Gasteiger partial charge on any atom is 0.357 e. The molecule has 0 fully saturated rings. The van der Waals surface area contributed by atoms with Crippen LogP contribution in [0.15, 0.2) is 22.7 Å². The Hall–Kier alpha value is -1.40. The van der Waals surface area contributed by atoms with Gasteiger partial charge in [-0.3, -0.25) is 4.68 Å². The van der Waals surface area contributed by atoms with E-state index in [1.807, 2.05) is 0 Å². The normalized spacial score (nSPS) is 10.7. The summed E-state index contributed by atoms with van der Waals surface area (Å²) in [7, 11) is 1.53. The lowest BCUT2D eigenvalue weighted by Gasteiger charge is -2.05. The van der Waals surface area contributed by atoms with Gasteiger partial charge in [0.1, 0.15) is 5.82 Å². The smallest absolute Gasteiger partial charge is 0.357 e. The van der Waals surface area contributed by atoms with Crippen molar-refractivity contribution in [3.63, 3.8) is 0 Å². The van der Waals surface area contributed by atoms with Crippen molar-refractivity contribution in [1.29, 1.82) is 0 Å². The third-order valence-electron chi connectivity index (χ3n) is 2.38. The summed E-state index contributed by atoms with van der Waals surface area (Å²) in [5.41, 5.74) is 0.344. The summed E-state index contributed by atoms with van der Waals surface area (Å²) in [6.07, 6.45) is 0. The number of hydrogen-bond donors (Lipinski definition) is 1. The van der Waals surface area contributed by atoms with E-state index in [4.69, 9.17) is 16.7 Å². The SMILES string of the molecule is Cn1nc(C(=O)O)c(Br)c1-c1cc(Cl)ccc1F. The minimum Gasteiger partial charge on any atom is -0.476 e. The van der Waals surface area contributed by atoms with Gasteiger partial charge in [-0.15, -0.1) is 0 Å². The Morgan fingerprint density at radius 1 is 1.56 bits per heavy atom. The highest BCUT2D eigenvalue weighted by atomic mass is 79.9. The topological polar surface area (TPSA) is 55.1 Å². The molecule has 2 aromatic rings. The maximum atomic E-state index is 13.8. The van der Waals surface area contributed by atoms with Gasteiger partial charge in [-0.05, 0) is 34.1 Å². The van der Waals surface area contributed by atoms with Crippen LogP contribution in [0.25, 0.3) is 11.3 Å². The molecule has 0 aliphatic carbocycles. The van der Waals surface area contributed by atoms with Crippen LogP contribution in [0.5, 0.6) is 0 Å². The van der Waals surface area contributed by atoms with E-state index in [1.54, 1.807) is 0 Å². The van der Waals surface area contributed by atoms with E-state index in [0.29, 0.717) is 10.7 Å². The zero-order chi connectivity index (χ0) is 13.4. The largest absolute Gasteiger partial charge is 0.476 e. The van der Waals surface area contributed by atoms with E-state index in [2.05, 4.69) is 21.0 Å². The maximum absolute atomic E-state index is 13.8. The molecule has 1 N–H and O–H groups in total. The highest BCUT2D eigenvalue weighted by Crippen LogP contribution is 2.33. The number of carboxylic acids is 1. The van der Waals surface area contributed by atoms with Crippen LogP contribution < -0.4 is 0 Å². The van der Waals surface area contributed by atoms with Gasteiger partial charge in [0, 0.05) is 17.6 Å². The molecule has 0 aliphatic heterocycles. The second kappa shape index (κ2) is 4.70. The molecule has 0 saturated heterocycles. The highest BCUT2D eigenvalue weighted by Gasteiger charge is 2.22. The van der Waals surface area contributed by atoms with Crippen LogP contribution in [0.3, 0.4) is 0 Å². The van der Waals surface area contributed by atoms with Crippen molar-refractivity contribution in [3.05, 3.63) is 39.2 Å². The summed E-state index contributed by atoms with van der Waals surface area (Å²) in [6, 6.07) is 4.06. The van der Waals surface area contributed by atoms with Gasteiger partial charge >= 0.3 is 5.97 Å². The van der Waals surface area contributed by atoms with E-state index in [0.717, 1.165) is 0 Å². The molecule has 0 radical (unpaired) electrons. The van der Waals surface area contributed by atoms with E-state index in [9.17, 15) is 9.18 Å². The van der Waals surface area contributed by atoms with Crippen LogP contribution >= 0.6 is 27.5 Å². The van der Waals surface area contributed by atoms with Crippen LogP contribution in [0.1, 0.15) is 10.5 Å². The Morgan fingerprint density at radius 3 is 2.78 bits per heavy atom. The van der Waals surface area contributed by atoms with Gasteiger partial charge in [-0.1, -0.05) is 11.6 Å². The fourth-order valence-corrected chi connectivity index (χ4v) is 2.50. The van der Waals surface area contributed by atoms with E-state index >= 15 is 0 Å². The molecule has 7 heteroatoms. The van der Waals surface area contributed by atoms with Crippen molar-refractivity contribution in [3.8, 4) is 11.3 Å². The van der Waals surface area contributed by atoms with Gasteiger partial charge in [0.15, 0.2) is 5.69 Å². The molecule has 0 aliphatic rings. The third kappa shape index (κ3) is 2.13. The Kier molecular flexibility index (Phi) is 3.41.